The van der Waals surface area contributed by atoms with E-state index in [0.29, 0.717) is 0 Å². The Morgan fingerprint density at radius 3 is 1.27 bits per heavy atom. The second kappa shape index (κ2) is 4.75. The molecule has 0 saturated carbocycles. The Morgan fingerprint density at radius 1 is 0.818 bits per heavy atom. The molecule has 0 unspecified atom stereocenters. The predicted molar refractivity (Wildman–Crippen MR) is 27.0 cm³/mol. The molecule has 62 valence electrons. The normalized spacial score (nSPS) is 9.45. The monoisotopic (exact) mass is 335 g/mol. The van der Waals surface area contributed by atoms with Gasteiger partial charge in [0.15, 0.2) is 0 Å². The summed E-state index contributed by atoms with van der Waals surface area (Å²) in [5.41, 5.74) is 0. The zero-order chi connectivity index (χ0) is 8.74. The molecule has 0 fully saturated rings. The Labute approximate surface area is 65.1 Å². The fourth-order valence-electron chi connectivity index (χ4n) is 0.313. The van der Waals surface area contributed by atoms with E-state index in [4.69, 9.17) is 14.2 Å². The molecule has 0 saturated heterocycles. The Hall–Kier alpha value is -1.01. The van der Waals surface area contributed by atoms with Crippen LogP contribution in [0.5, 0.6) is 0 Å². The third-order valence-corrected chi connectivity index (χ3v) is 0.566. The number of hydrogen-bond donors (Lipinski definition) is 0. The SMILES string of the molecule is [O]=[Os](=[O])(=[O])=[O].c1ccncc1. The largest absolute Gasteiger partial charge is 0.265 e. The second-order valence-electron chi connectivity index (χ2n) is 1.38. The third kappa shape index (κ3) is 17.6. The first kappa shape index (κ1) is 9.99. The molecule has 0 atom stereocenters. The van der Waals surface area contributed by atoms with Crippen molar-refractivity contribution in [2.75, 3.05) is 0 Å². The zero-order valence-electron chi connectivity index (χ0n) is 5.32. The molecule has 5 nitrogen and oxygen atoms in total. The molecule has 0 aliphatic rings. The molecule has 0 aliphatic heterocycles. The van der Waals surface area contributed by atoms with Crippen molar-refractivity contribution in [2.24, 2.45) is 0 Å². The molecular formula is C5H5NO4Os. The van der Waals surface area contributed by atoms with Crippen molar-refractivity contribution in [3.05, 3.63) is 30.6 Å². The van der Waals surface area contributed by atoms with Gasteiger partial charge in [-0.1, -0.05) is 6.07 Å². The van der Waals surface area contributed by atoms with Crippen molar-refractivity contribution in [2.45, 2.75) is 0 Å². The van der Waals surface area contributed by atoms with Crippen LogP contribution in [0.2, 0.25) is 0 Å². The minimum atomic E-state index is -6.06. The average Bonchev–Trinajstić information content (AvgIpc) is 1.88. The van der Waals surface area contributed by atoms with Gasteiger partial charge in [-0.2, -0.15) is 0 Å². The van der Waals surface area contributed by atoms with E-state index in [0.717, 1.165) is 0 Å². The van der Waals surface area contributed by atoms with Crippen LogP contribution in [-0.4, -0.2) is 4.98 Å². The van der Waals surface area contributed by atoms with Crippen molar-refractivity contribution >= 4 is 0 Å². The first-order valence-electron chi connectivity index (χ1n) is 2.43. The average molecular weight is 333 g/mol. The van der Waals surface area contributed by atoms with Crippen LogP contribution < -0.4 is 0 Å². The van der Waals surface area contributed by atoms with Crippen molar-refractivity contribution in [1.29, 1.82) is 0 Å². The maximum absolute atomic E-state index is 8.63. The summed E-state index contributed by atoms with van der Waals surface area (Å²) >= 11 is -6.06. The Kier molecular flexibility index (Phi) is 4.31. The molecule has 11 heavy (non-hydrogen) atoms. The smallest absolute Gasteiger partial charge is 0.0267 e. The van der Waals surface area contributed by atoms with Crippen molar-refractivity contribution in [3.8, 4) is 0 Å². The molecule has 0 spiro atoms. The van der Waals surface area contributed by atoms with Gasteiger partial charge in [-0.15, -0.1) is 0 Å². The molecule has 0 aliphatic carbocycles. The van der Waals surface area contributed by atoms with E-state index in [2.05, 4.69) is 4.98 Å². The molecule has 0 aromatic carbocycles. The van der Waals surface area contributed by atoms with Crippen LogP contribution in [0.4, 0.5) is 0 Å². The van der Waals surface area contributed by atoms with Gasteiger partial charge in [-0.05, 0) is 12.1 Å². The van der Waals surface area contributed by atoms with Gasteiger partial charge < -0.3 is 0 Å². The molecule has 0 amide bonds. The number of rotatable bonds is 0. The van der Waals surface area contributed by atoms with Crippen LogP contribution in [0, 0.1) is 0 Å². The molecule has 0 radical (unpaired) electrons. The number of pyridine rings is 1. The van der Waals surface area contributed by atoms with Gasteiger partial charge in [0.2, 0.25) is 0 Å². The standard InChI is InChI=1S/C5H5N.4O.Os/c1-2-4-6-5-3-1;;;;;/h1-5H;;;;;. The first-order chi connectivity index (χ1) is 5.00. The molecule has 1 aromatic rings. The summed E-state index contributed by atoms with van der Waals surface area (Å²) in [5, 5.41) is 0. The van der Waals surface area contributed by atoms with E-state index in [-0.39, 0.29) is 0 Å². The quantitative estimate of drug-likeness (QED) is 0.695. The van der Waals surface area contributed by atoms with E-state index >= 15 is 0 Å². The molecule has 1 heterocycles. The van der Waals surface area contributed by atoms with Gasteiger partial charge in [0, 0.05) is 12.4 Å². The molecule has 0 bridgehead atoms. The third-order valence-electron chi connectivity index (χ3n) is 0.566. The molecular weight excluding hydrogens is 328 g/mol. The Balaban J connectivity index is 0.000000187. The van der Waals surface area contributed by atoms with Crippen molar-refractivity contribution in [1.82, 2.24) is 4.98 Å². The van der Waals surface area contributed by atoms with Crippen LogP contribution in [0.1, 0.15) is 0 Å². The first-order valence-corrected chi connectivity index (χ1v) is 6.58. The van der Waals surface area contributed by atoms with Gasteiger partial charge in [-0.3, -0.25) is 4.98 Å². The number of nitrogens with zero attached hydrogens (tertiary/aromatic N) is 1. The second-order valence-corrected chi connectivity index (χ2v) is 3.92. The molecule has 1 rings (SSSR count). The van der Waals surface area contributed by atoms with E-state index in [1.807, 2.05) is 18.2 Å². The van der Waals surface area contributed by atoms with Gasteiger partial charge in [0.05, 0.1) is 0 Å². The van der Waals surface area contributed by atoms with Crippen molar-refractivity contribution in [3.63, 3.8) is 0 Å². The fraction of sp³-hybridized carbons (Fsp3) is 0. The number of aromatic nitrogens is 1. The summed E-state index contributed by atoms with van der Waals surface area (Å²) in [6.45, 7) is 0. The van der Waals surface area contributed by atoms with E-state index in [1.165, 1.54) is 0 Å². The topological polar surface area (TPSA) is 81.2 Å². The molecule has 0 N–H and O–H groups in total. The van der Waals surface area contributed by atoms with Gasteiger partial charge in [0.1, 0.15) is 0 Å². The summed E-state index contributed by atoms with van der Waals surface area (Å²) in [7, 11) is 0. The van der Waals surface area contributed by atoms with Crippen LogP contribution in [0.15, 0.2) is 30.6 Å². The Bertz CT molecular complexity index is 324. The van der Waals surface area contributed by atoms with E-state index in [9.17, 15) is 0 Å². The van der Waals surface area contributed by atoms with Crippen LogP contribution in [0.3, 0.4) is 0 Å². The summed E-state index contributed by atoms with van der Waals surface area (Å²) in [6, 6.07) is 5.72. The number of hydrogen-bond acceptors (Lipinski definition) is 5. The Morgan fingerprint density at radius 2 is 1.18 bits per heavy atom. The summed E-state index contributed by atoms with van der Waals surface area (Å²) < 4.78 is 34.5. The summed E-state index contributed by atoms with van der Waals surface area (Å²) in [5.74, 6) is 0. The summed E-state index contributed by atoms with van der Waals surface area (Å²) in [6.07, 6.45) is 3.50. The maximum atomic E-state index is 8.63. The summed E-state index contributed by atoms with van der Waals surface area (Å²) in [4.78, 5) is 3.78. The predicted octanol–water partition coefficient (Wildman–Crippen LogP) is 0.604. The van der Waals surface area contributed by atoms with Gasteiger partial charge >= 0.3 is 29.0 Å². The van der Waals surface area contributed by atoms with Crippen molar-refractivity contribution < 1.29 is 29.0 Å². The maximum Gasteiger partial charge on any atom is 0.0267 e. The van der Waals surface area contributed by atoms with Gasteiger partial charge in [0.25, 0.3) is 0 Å². The fourth-order valence-corrected chi connectivity index (χ4v) is 0.313. The minimum Gasteiger partial charge on any atom is -0.265 e. The molecule has 6 heteroatoms. The minimum absolute atomic E-state index is 1.75. The van der Waals surface area contributed by atoms with Crippen LogP contribution in [-0.2, 0) is 29.0 Å². The molecule has 1 aromatic heterocycles. The van der Waals surface area contributed by atoms with E-state index in [1.54, 1.807) is 12.4 Å². The van der Waals surface area contributed by atoms with Crippen LogP contribution >= 0.6 is 0 Å². The van der Waals surface area contributed by atoms with Crippen LogP contribution in [0.25, 0.3) is 0 Å². The zero-order valence-corrected chi connectivity index (χ0v) is 7.86. The van der Waals surface area contributed by atoms with E-state index < -0.39 is 14.8 Å². The van der Waals surface area contributed by atoms with Gasteiger partial charge in [-0.25, -0.2) is 0 Å².